The first-order valence-corrected chi connectivity index (χ1v) is 8.02. The number of hydrogen-bond donors (Lipinski definition) is 1. The van der Waals surface area contributed by atoms with Crippen LogP contribution in [0.15, 0.2) is 0 Å². The number of fused-ring (bicyclic) bond motifs is 5. The van der Waals surface area contributed by atoms with Crippen LogP contribution in [-0.4, -0.2) is 12.1 Å². The van der Waals surface area contributed by atoms with E-state index in [9.17, 15) is 5.26 Å². The highest BCUT2D eigenvalue weighted by atomic mass is 15.0. The molecule has 2 bridgehead atoms. The van der Waals surface area contributed by atoms with Gasteiger partial charge in [0.2, 0.25) is 0 Å². The molecule has 4 rings (SSSR count). The maximum atomic E-state index is 9.20. The number of nitrogens with zero attached hydrogens (tertiary/aromatic N) is 1. The molecular formula is C16H24N2. The van der Waals surface area contributed by atoms with Crippen LogP contribution >= 0.6 is 0 Å². The molecule has 2 nitrogen and oxygen atoms in total. The van der Waals surface area contributed by atoms with Gasteiger partial charge in [0, 0.05) is 12.1 Å². The van der Waals surface area contributed by atoms with Gasteiger partial charge in [-0.1, -0.05) is 12.8 Å². The van der Waals surface area contributed by atoms with Gasteiger partial charge in [0.05, 0.1) is 12.0 Å². The Morgan fingerprint density at radius 2 is 1.67 bits per heavy atom. The first kappa shape index (κ1) is 11.3. The van der Waals surface area contributed by atoms with Crippen molar-refractivity contribution in [3.8, 4) is 6.07 Å². The average Bonchev–Trinajstić information content (AvgIpc) is 3.10. The zero-order valence-electron chi connectivity index (χ0n) is 11.1. The molecule has 0 saturated heterocycles. The highest BCUT2D eigenvalue weighted by molar-refractivity contribution is 5.07. The topological polar surface area (TPSA) is 35.8 Å². The minimum atomic E-state index is 0.295. The van der Waals surface area contributed by atoms with Crippen LogP contribution in [0.2, 0.25) is 0 Å². The third-order valence-electron chi connectivity index (χ3n) is 6.54. The summed E-state index contributed by atoms with van der Waals surface area (Å²) in [6, 6.07) is 3.79. The fraction of sp³-hybridized carbons (Fsp3) is 0.938. The second-order valence-corrected chi connectivity index (χ2v) is 7.20. The van der Waals surface area contributed by atoms with Gasteiger partial charge in [-0.2, -0.15) is 5.26 Å². The second kappa shape index (κ2) is 4.23. The van der Waals surface area contributed by atoms with Crippen molar-refractivity contribution in [2.24, 2.45) is 29.6 Å². The third-order valence-corrected chi connectivity index (χ3v) is 6.54. The Labute approximate surface area is 110 Å². The van der Waals surface area contributed by atoms with Crippen molar-refractivity contribution in [1.29, 1.82) is 5.26 Å². The molecule has 4 saturated carbocycles. The number of rotatable bonds is 2. The maximum Gasteiger partial charge on any atom is 0.0672 e. The Hall–Kier alpha value is -0.550. The van der Waals surface area contributed by atoms with Crippen molar-refractivity contribution in [3.63, 3.8) is 0 Å². The van der Waals surface area contributed by atoms with Crippen LogP contribution in [0.1, 0.15) is 51.4 Å². The van der Waals surface area contributed by atoms with E-state index in [1.807, 2.05) is 0 Å². The summed E-state index contributed by atoms with van der Waals surface area (Å²) in [5.74, 6) is 4.42. The lowest BCUT2D eigenvalue weighted by atomic mass is 9.78. The first-order valence-electron chi connectivity index (χ1n) is 8.02. The summed E-state index contributed by atoms with van der Waals surface area (Å²) in [5, 5.41) is 13.1. The number of hydrogen-bond acceptors (Lipinski definition) is 2. The Kier molecular flexibility index (Phi) is 2.66. The second-order valence-electron chi connectivity index (χ2n) is 7.20. The minimum Gasteiger partial charge on any atom is -0.310 e. The van der Waals surface area contributed by atoms with Crippen LogP contribution in [0.25, 0.3) is 0 Å². The lowest BCUT2D eigenvalue weighted by Gasteiger charge is -2.34. The molecule has 18 heavy (non-hydrogen) atoms. The molecule has 0 amide bonds. The van der Waals surface area contributed by atoms with E-state index in [4.69, 9.17) is 0 Å². The molecule has 98 valence electrons. The summed E-state index contributed by atoms with van der Waals surface area (Å²) in [4.78, 5) is 0. The smallest absolute Gasteiger partial charge is 0.0672 e. The number of nitrogens with one attached hydrogen (secondary N) is 1. The summed E-state index contributed by atoms with van der Waals surface area (Å²) < 4.78 is 0. The molecule has 4 aliphatic rings. The number of nitriles is 1. The van der Waals surface area contributed by atoms with Gasteiger partial charge in [-0.15, -0.1) is 0 Å². The summed E-state index contributed by atoms with van der Waals surface area (Å²) in [6.07, 6.45) is 11.0. The van der Waals surface area contributed by atoms with Crippen molar-refractivity contribution in [2.75, 3.05) is 0 Å². The fourth-order valence-corrected chi connectivity index (χ4v) is 5.85. The van der Waals surface area contributed by atoms with Crippen molar-refractivity contribution < 1.29 is 0 Å². The van der Waals surface area contributed by atoms with Crippen LogP contribution in [0.5, 0.6) is 0 Å². The summed E-state index contributed by atoms with van der Waals surface area (Å²) in [7, 11) is 0. The largest absolute Gasteiger partial charge is 0.310 e. The average molecular weight is 244 g/mol. The van der Waals surface area contributed by atoms with Crippen LogP contribution in [-0.2, 0) is 0 Å². The summed E-state index contributed by atoms with van der Waals surface area (Å²) in [6.45, 7) is 0. The monoisotopic (exact) mass is 244 g/mol. The van der Waals surface area contributed by atoms with Crippen LogP contribution in [0.3, 0.4) is 0 Å². The van der Waals surface area contributed by atoms with E-state index in [-0.39, 0.29) is 0 Å². The van der Waals surface area contributed by atoms with Crippen LogP contribution < -0.4 is 5.32 Å². The van der Waals surface area contributed by atoms with E-state index in [0.717, 1.165) is 36.1 Å². The normalized spacial score (nSPS) is 53.6. The van der Waals surface area contributed by atoms with Crippen LogP contribution in [0.4, 0.5) is 0 Å². The SMILES string of the molecule is N#CC1CCCC1NC1CC2CC1C1CCCC21. The van der Waals surface area contributed by atoms with Crippen molar-refractivity contribution in [1.82, 2.24) is 5.32 Å². The quantitative estimate of drug-likeness (QED) is 0.810. The van der Waals surface area contributed by atoms with Crippen molar-refractivity contribution in [3.05, 3.63) is 0 Å². The molecule has 0 aliphatic heterocycles. The Morgan fingerprint density at radius 1 is 0.833 bits per heavy atom. The Morgan fingerprint density at radius 3 is 2.56 bits per heavy atom. The summed E-state index contributed by atoms with van der Waals surface area (Å²) >= 11 is 0. The van der Waals surface area contributed by atoms with Gasteiger partial charge in [0.15, 0.2) is 0 Å². The molecule has 0 heterocycles. The molecular weight excluding hydrogens is 220 g/mol. The molecule has 0 aromatic heterocycles. The zero-order valence-corrected chi connectivity index (χ0v) is 11.1. The van der Waals surface area contributed by atoms with Gasteiger partial charge in [0.25, 0.3) is 0 Å². The van der Waals surface area contributed by atoms with E-state index < -0.39 is 0 Å². The molecule has 0 radical (unpaired) electrons. The standard InChI is InChI=1S/C16H24N2/c17-9-10-3-1-6-15(10)18-16-8-11-7-14(16)13-5-2-4-12(11)13/h10-16,18H,1-8H2. The third kappa shape index (κ3) is 1.56. The predicted molar refractivity (Wildman–Crippen MR) is 70.7 cm³/mol. The molecule has 4 fully saturated rings. The molecule has 1 N–H and O–H groups in total. The van der Waals surface area contributed by atoms with Gasteiger partial charge in [0.1, 0.15) is 0 Å². The van der Waals surface area contributed by atoms with Gasteiger partial charge in [-0.25, -0.2) is 0 Å². The highest BCUT2D eigenvalue weighted by Gasteiger charge is 2.54. The maximum absolute atomic E-state index is 9.20. The lowest BCUT2D eigenvalue weighted by molar-refractivity contribution is 0.194. The summed E-state index contributed by atoms with van der Waals surface area (Å²) in [5.41, 5.74) is 0. The van der Waals surface area contributed by atoms with E-state index in [1.54, 1.807) is 0 Å². The highest BCUT2D eigenvalue weighted by Crippen LogP contribution is 2.58. The Bertz CT molecular complexity index is 372. The lowest BCUT2D eigenvalue weighted by Crippen LogP contribution is -2.45. The van der Waals surface area contributed by atoms with E-state index in [1.165, 1.54) is 44.9 Å². The molecule has 0 aromatic carbocycles. The predicted octanol–water partition coefficient (Wildman–Crippen LogP) is 3.09. The zero-order chi connectivity index (χ0) is 12.1. The molecule has 4 aliphatic carbocycles. The molecule has 0 aromatic rings. The molecule has 7 unspecified atom stereocenters. The van der Waals surface area contributed by atoms with E-state index >= 15 is 0 Å². The van der Waals surface area contributed by atoms with Gasteiger partial charge < -0.3 is 5.32 Å². The minimum absolute atomic E-state index is 0.295. The molecule has 2 heteroatoms. The van der Waals surface area contributed by atoms with Gasteiger partial charge >= 0.3 is 0 Å². The Balaban J connectivity index is 1.44. The van der Waals surface area contributed by atoms with Crippen molar-refractivity contribution in [2.45, 2.75) is 63.5 Å². The molecule has 0 spiro atoms. The van der Waals surface area contributed by atoms with Crippen molar-refractivity contribution >= 4 is 0 Å². The van der Waals surface area contributed by atoms with Gasteiger partial charge in [-0.3, -0.25) is 0 Å². The van der Waals surface area contributed by atoms with Crippen LogP contribution in [0, 0.1) is 40.9 Å². The van der Waals surface area contributed by atoms with E-state index in [2.05, 4.69) is 11.4 Å². The first-order chi connectivity index (χ1) is 8.86. The van der Waals surface area contributed by atoms with E-state index in [0.29, 0.717) is 12.0 Å². The van der Waals surface area contributed by atoms with Gasteiger partial charge in [-0.05, 0) is 62.2 Å². The fourth-order valence-electron chi connectivity index (χ4n) is 5.85. The molecule has 7 atom stereocenters.